The zero-order valence-electron chi connectivity index (χ0n) is 21.5. The Hall–Kier alpha value is -3.46. The van der Waals surface area contributed by atoms with Crippen LogP contribution >= 0.6 is 11.3 Å². The molecule has 2 aliphatic heterocycles. The molecule has 5 rings (SSSR count). The van der Waals surface area contributed by atoms with Crippen LogP contribution in [-0.4, -0.2) is 66.0 Å². The molecule has 1 atom stereocenters. The average Bonchev–Trinajstić information content (AvgIpc) is 3.56. The Morgan fingerprint density at radius 1 is 1.05 bits per heavy atom. The van der Waals surface area contributed by atoms with E-state index in [-0.39, 0.29) is 11.3 Å². The van der Waals surface area contributed by atoms with E-state index in [4.69, 9.17) is 9.47 Å². The Kier molecular flexibility index (Phi) is 8.22. The predicted octanol–water partition coefficient (Wildman–Crippen LogP) is 4.78. The van der Waals surface area contributed by atoms with Crippen molar-refractivity contribution in [2.24, 2.45) is 0 Å². The summed E-state index contributed by atoms with van der Waals surface area (Å²) < 4.78 is 11.4. The van der Waals surface area contributed by atoms with Crippen molar-refractivity contribution in [3.05, 3.63) is 93.2 Å². The molecule has 0 radical (unpaired) electrons. The number of thiophene rings is 1. The van der Waals surface area contributed by atoms with Gasteiger partial charge < -0.3 is 19.5 Å². The number of likely N-dealkylation sites (tertiary alicyclic amines) is 1. The summed E-state index contributed by atoms with van der Waals surface area (Å²) in [6.07, 6.45) is 0.738. The van der Waals surface area contributed by atoms with Gasteiger partial charge in [-0.15, -0.1) is 11.3 Å². The lowest BCUT2D eigenvalue weighted by atomic mass is 9.98. The van der Waals surface area contributed by atoms with Crippen LogP contribution in [0, 0.1) is 6.92 Å². The maximum Gasteiger partial charge on any atom is 0.295 e. The standard InChI is InChI=1S/C30H32N2O5S/c1-21-19-23(10-11-24(21)37-20-22-7-3-2-4-8-22)28(33)26-27(25-9-5-18-38-25)32(30(35)29(26)34)13-6-12-31-14-16-36-17-15-31/h2-5,7-11,18-19,27,33H,6,12-17,20H2,1H3/t27-/m1/s1. The highest BCUT2D eigenvalue weighted by Gasteiger charge is 2.46. The molecular formula is C30H32N2O5S. The largest absolute Gasteiger partial charge is 0.507 e. The van der Waals surface area contributed by atoms with Gasteiger partial charge in [-0.1, -0.05) is 36.4 Å². The smallest absolute Gasteiger partial charge is 0.295 e. The van der Waals surface area contributed by atoms with E-state index in [9.17, 15) is 14.7 Å². The molecule has 0 spiro atoms. The molecule has 3 aromatic rings. The highest BCUT2D eigenvalue weighted by atomic mass is 32.1. The number of carbonyl (C=O) groups excluding carboxylic acids is 2. The molecule has 0 unspecified atom stereocenters. The lowest BCUT2D eigenvalue weighted by Crippen LogP contribution is -2.38. The van der Waals surface area contributed by atoms with Gasteiger partial charge in [0.05, 0.1) is 24.8 Å². The summed E-state index contributed by atoms with van der Waals surface area (Å²) in [5.41, 5.74) is 2.52. The molecule has 7 nitrogen and oxygen atoms in total. The molecule has 2 saturated heterocycles. The van der Waals surface area contributed by atoms with Crippen LogP contribution in [-0.2, 0) is 20.9 Å². The molecule has 1 N–H and O–H groups in total. The summed E-state index contributed by atoms with van der Waals surface area (Å²) in [6.45, 7) is 6.78. The summed E-state index contributed by atoms with van der Waals surface area (Å²) in [7, 11) is 0. The maximum atomic E-state index is 13.3. The Morgan fingerprint density at radius 2 is 1.84 bits per heavy atom. The number of nitrogens with zero attached hydrogens (tertiary/aromatic N) is 2. The van der Waals surface area contributed by atoms with E-state index >= 15 is 0 Å². The average molecular weight is 533 g/mol. The number of aliphatic hydroxyl groups is 1. The van der Waals surface area contributed by atoms with Crippen molar-refractivity contribution in [3.8, 4) is 5.75 Å². The number of morpholine rings is 1. The summed E-state index contributed by atoms with van der Waals surface area (Å²) in [5, 5.41) is 13.3. The van der Waals surface area contributed by atoms with Crippen molar-refractivity contribution in [1.82, 2.24) is 9.80 Å². The lowest BCUT2D eigenvalue weighted by Gasteiger charge is -2.28. The van der Waals surface area contributed by atoms with Crippen molar-refractivity contribution in [2.45, 2.75) is 26.0 Å². The topological polar surface area (TPSA) is 79.3 Å². The van der Waals surface area contributed by atoms with Crippen LogP contribution in [0.25, 0.3) is 5.76 Å². The molecule has 38 heavy (non-hydrogen) atoms. The number of Topliss-reactive ketones (excluding diaryl/α,β-unsaturated/α-hetero) is 1. The van der Waals surface area contributed by atoms with Gasteiger partial charge in [0.15, 0.2) is 0 Å². The molecule has 1 aromatic heterocycles. The van der Waals surface area contributed by atoms with Gasteiger partial charge in [-0.05, 0) is 54.1 Å². The van der Waals surface area contributed by atoms with Crippen LogP contribution in [0.2, 0.25) is 0 Å². The maximum absolute atomic E-state index is 13.3. The molecule has 2 aliphatic rings. The minimum absolute atomic E-state index is 0.140. The van der Waals surface area contributed by atoms with Crippen LogP contribution in [0.5, 0.6) is 5.75 Å². The molecule has 2 fully saturated rings. The number of ketones is 1. The molecular weight excluding hydrogens is 500 g/mol. The van der Waals surface area contributed by atoms with E-state index in [1.807, 2.05) is 54.8 Å². The zero-order valence-corrected chi connectivity index (χ0v) is 22.3. The molecule has 2 aromatic carbocycles. The Morgan fingerprint density at radius 3 is 2.55 bits per heavy atom. The Bertz CT molecular complexity index is 1300. The second-order valence-corrected chi connectivity index (χ2v) is 10.5. The fourth-order valence-corrected chi connectivity index (χ4v) is 5.84. The molecule has 3 heterocycles. The normalized spacial score (nSPS) is 19.7. The number of ether oxygens (including phenoxy) is 2. The number of amides is 1. The Labute approximate surface area is 226 Å². The van der Waals surface area contributed by atoms with Crippen LogP contribution in [0.3, 0.4) is 0 Å². The highest BCUT2D eigenvalue weighted by Crippen LogP contribution is 2.41. The fraction of sp³-hybridized carbons (Fsp3) is 0.333. The predicted molar refractivity (Wildman–Crippen MR) is 147 cm³/mol. The summed E-state index contributed by atoms with van der Waals surface area (Å²) >= 11 is 1.48. The molecule has 1 amide bonds. The van der Waals surface area contributed by atoms with Gasteiger partial charge in [-0.25, -0.2) is 0 Å². The number of aryl methyl sites for hydroxylation is 1. The van der Waals surface area contributed by atoms with Gasteiger partial charge in [0.1, 0.15) is 18.1 Å². The van der Waals surface area contributed by atoms with Gasteiger partial charge in [-0.3, -0.25) is 14.5 Å². The van der Waals surface area contributed by atoms with Gasteiger partial charge in [0.25, 0.3) is 11.7 Å². The van der Waals surface area contributed by atoms with Crippen LogP contribution in [0.15, 0.2) is 71.6 Å². The van der Waals surface area contributed by atoms with E-state index in [0.717, 1.165) is 55.3 Å². The highest BCUT2D eigenvalue weighted by molar-refractivity contribution is 7.10. The van der Waals surface area contributed by atoms with Crippen LogP contribution in [0.1, 0.15) is 34.0 Å². The summed E-state index contributed by atoms with van der Waals surface area (Å²) in [4.78, 5) is 31.2. The molecule has 198 valence electrons. The van der Waals surface area contributed by atoms with E-state index in [0.29, 0.717) is 24.5 Å². The monoisotopic (exact) mass is 532 g/mol. The minimum atomic E-state index is -0.644. The lowest BCUT2D eigenvalue weighted by molar-refractivity contribution is -0.140. The zero-order chi connectivity index (χ0) is 26.5. The van der Waals surface area contributed by atoms with Crippen molar-refractivity contribution in [3.63, 3.8) is 0 Å². The quantitative estimate of drug-likeness (QED) is 0.243. The number of hydrogen-bond acceptors (Lipinski definition) is 7. The first kappa shape index (κ1) is 26.2. The first-order valence-electron chi connectivity index (χ1n) is 12.9. The van der Waals surface area contributed by atoms with E-state index < -0.39 is 17.7 Å². The number of aliphatic hydroxyl groups excluding tert-OH is 1. The summed E-state index contributed by atoms with van der Waals surface area (Å²) in [5.74, 6) is -0.667. The van der Waals surface area contributed by atoms with Gasteiger partial charge in [-0.2, -0.15) is 0 Å². The second-order valence-electron chi connectivity index (χ2n) is 9.57. The summed E-state index contributed by atoms with van der Waals surface area (Å²) in [6, 6.07) is 18.4. The first-order chi connectivity index (χ1) is 18.5. The van der Waals surface area contributed by atoms with Gasteiger partial charge in [0.2, 0.25) is 0 Å². The number of rotatable bonds is 9. The number of hydrogen-bond donors (Lipinski definition) is 1. The third-order valence-corrected chi connectivity index (χ3v) is 7.94. The van der Waals surface area contributed by atoms with Crippen molar-refractivity contribution in [1.29, 1.82) is 0 Å². The third-order valence-electron chi connectivity index (χ3n) is 7.02. The van der Waals surface area contributed by atoms with Gasteiger partial charge in [0, 0.05) is 36.6 Å². The minimum Gasteiger partial charge on any atom is -0.507 e. The van der Waals surface area contributed by atoms with Crippen LogP contribution in [0.4, 0.5) is 0 Å². The van der Waals surface area contributed by atoms with Crippen molar-refractivity contribution >= 4 is 28.8 Å². The molecule has 0 bridgehead atoms. The van der Waals surface area contributed by atoms with E-state index in [1.165, 1.54) is 11.3 Å². The van der Waals surface area contributed by atoms with E-state index in [1.54, 1.807) is 23.1 Å². The van der Waals surface area contributed by atoms with Gasteiger partial charge >= 0.3 is 0 Å². The van der Waals surface area contributed by atoms with E-state index in [2.05, 4.69) is 4.90 Å². The molecule has 0 aliphatic carbocycles. The van der Waals surface area contributed by atoms with Crippen LogP contribution < -0.4 is 4.74 Å². The van der Waals surface area contributed by atoms with Crippen molar-refractivity contribution in [2.75, 3.05) is 39.4 Å². The molecule has 0 saturated carbocycles. The first-order valence-corrected chi connectivity index (χ1v) is 13.8. The second kappa shape index (κ2) is 11.9. The number of benzene rings is 2. The third kappa shape index (κ3) is 5.67. The van der Waals surface area contributed by atoms with Crippen molar-refractivity contribution < 1.29 is 24.2 Å². The fourth-order valence-electron chi connectivity index (χ4n) is 4.99. The SMILES string of the molecule is Cc1cc(C(O)=C2C(=O)C(=O)N(CCCN3CCOCC3)[C@@H]2c2cccs2)ccc1OCc1ccccc1. The Balaban J connectivity index is 1.38. The number of carbonyl (C=O) groups is 2. The molecule has 8 heteroatoms.